The summed E-state index contributed by atoms with van der Waals surface area (Å²) in [6, 6.07) is -5.12. The van der Waals surface area contributed by atoms with Crippen LogP contribution in [0.4, 0.5) is 0 Å². The Bertz CT molecular complexity index is 3610. The summed E-state index contributed by atoms with van der Waals surface area (Å²) in [6.45, 7) is 3.04. The number of primary amides is 2. The molecule has 0 aliphatic carbocycles. The molecular formula is C72H113N21O20S. The van der Waals surface area contributed by atoms with Crippen molar-refractivity contribution in [2.75, 3.05) is 44.7 Å². The summed E-state index contributed by atoms with van der Waals surface area (Å²) in [5.41, 5.74) is 40.2. The number of hydrogen-bond donors (Lipinski definition) is 23. The standard InChI is InChI=1S/C72H113N21O20S/c1-39(2)32-49(67(109)84-43(60(77)102)26-31-114-3)83-57(97)38-81-61(103)50(34-41-20-22-42(94)23-21-41)89-68(110)51(33-40-14-5-4-6-15-40)90-65(107)47(19-13-30-80-72(78)79)88-70(112)53(36-58(98)99)92-64(106)46(18-9-12-29-75)85-62(104)44(16-7-10-27-73)87-71(113)54(37-59(100)101)93-69(111)52(35-55(76)95)91-63(105)45(17-8-11-28-74)86-66(108)48-24-25-56(96)82-48/h4-6,14-15,20-23,39,43-54,94H,7-13,16-19,24-38,73-75H2,1-3H3,(H2,76,95)(H2,77,102)(H,81,103)(H,82,96)(H,83,97)(H,84,109)(H,85,104)(H,86,108)(H,87,113)(H,88,112)(H,89,110)(H,90,107)(H,91,105)(H,92,106)(H,93,111)(H,98,99)(H,100,101)(H4,78,79,80)/t43-,44-,45-,46-,47-,48-,49-,50-,51-,52-,53-,54-/m0/s1. The molecule has 0 bridgehead atoms. The van der Waals surface area contributed by atoms with Crippen molar-refractivity contribution in [3.63, 3.8) is 0 Å². The Labute approximate surface area is 663 Å². The van der Waals surface area contributed by atoms with E-state index in [-0.39, 0.29) is 147 Å². The lowest BCUT2D eigenvalue weighted by molar-refractivity contribution is -0.142. The first kappa shape index (κ1) is 96.9. The fourth-order valence-electron chi connectivity index (χ4n) is 11.7. The minimum Gasteiger partial charge on any atom is -0.508 e. The topological polar surface area (TPSA) is 702 Å². The van der Waals surface area contributed by atoms with Crippen LogP contribution in [0.5, 0.6) is 5.75 Å². The molecule has 1 aliphatic rings. The van der Waals surface area contributed by atoms with Crippen molar-refractivity contribution in [3.8, 4) is 5.75 Å². The Morgan fingerprint density at radius 3 is 1.28 bits per heavy atom. The van der Waals surface area contributed by atoms with Crippen LogP contribution in [0.3, 0.4) is 0 Å². The van der Waals surface area contributed by atoms with E-state index in [1.54, 1.807) is 50.4 Å². The first-order valence-electron chi connectivity index (χ1n) is 37.5. The van der Waals surface area contributed by atoms with Gasteiger partial charge in [0.15, 0.2) is 5.96 Å². The zero-order chi connectivity index (χ0) is 85.0. The van der Waals surface area contributed by atoms with Crippen LogP contribution in [0.2, 0.25) is 0 Å². The number of carbonyl (C=O) groups excluding carboxylic acids is 15. The van der Waals surface area contributed by atoms with Gasteiger partial charge in [0.25, 0.3) is 0 Å². The van der Waals surface area contributed by atoms with Crippen molar-refractivity contribution < 1.29 is 96.8 Å². The molecule has 1 heterocycles. The number of carboxylic acids is 2. The molecule has 1 saturated heterocycles. The van der Waals surface area contributed by atoms with Crippen LogP contribution in [0.25, 0.3) is 0 Å². The number of phenols is 1. The summed E-state index contributed by atoms with van der Waals surface area (Å²) in [4.78, 5) is 235. The van der Waals surface area contributed by atoms with Gasteiger partial charge in [-0.05, 0) is 151 Å². The summed E-state index contributed by atoms with van der Waals surface area (Å²) >= 11 is 1.42. The Hall–Kier alpha value is -11.3. The average Bonchev–Trinajstić information content (AvgIpc) is 0.966. The van der Waals surface area contributed by atoms with Gasteiger partial charge in [0, 0.05) is 25.8 Å². The highest BCUT2D eigenvalue weighted by Crippen LogP contribution is 2.16. The Morgan fingerprint density at radius 1 is 0.474 bits per heavy atom. The molecule has 0 saturated carbocycles. The van der Waals surface area contributed by atoms with Gasteiger partial charge in [0.2, 0.25) is 88.6 Å². The molecule has 0 unspecified atom stereocenters. The van der Waals surface area contributed by atoms with Crippen molar-refractivity contribution >= 4 is 118 Å². The molecule has 0 spiro atoms. The SMILES string of the molecule is CSCC[C@H](NC(=O)[C@H](CC(C)C)NC(=O)CNC(=O)[C@H](Cc1ccc(O)cc1)NC(=O)[C@H](Cc1ccccc1)NC(=O)[C@H](CCCN=C(N)N)NC(=O)[C@H](CC(=O)O)NC(=O)[C@H](CCCCN)NC(=O)[C@H](CCCCN)NC(=O)[C@H](CC(=O)O)NC(=O)[C@H](CC(N)=O)NC(=O)[C@H](CCCCN)NC(=O)[C@@H]1CCC(=O)N1)C(N)=O. The molecule has 2 aromatic carbocycles. The van der Waals surface area contributed by atoms with Crippen LogP contribution < -0.4 is 109 Å². The van der Waals surface area contributed by atoms with E-state index < -0.39 is 199 Å². The lowest BCUT2D eigenvalue weighted by Crippen LogP contribution is -2.61. The minimum absolute atomic E-state index is 0.0393. The van der Waals surface area contributed by atoms with E-state index in [1.165, 1.54) is 36.0 Å². The lowest BCUT2D eigenvalue weighted by atomic mass is 10.0. The van der Waals surface area contributed by atoms with Crippen molar-refractivity contribution in [3.05, 3.63) is 65.7 Å². The number of nitrogens with one attached hydrogen (secondary N) is 13. The molecule has 0 aromatic heterocycles. The van der Waals surface area contributed by atoms with Gasteiger partial charge in [-0.2, -0.15) is 11.8 Å². The molecule has 3 rings (SSSR count). The number of benzene rings is 2. The van der Waals surface area contributed by atoms with E-state index in [0.29, 0.717) is 23.3 Å². The average molecular weight is 1620 g/mol. The molecule has 0 radical (unpaired) electrons. The maximum Gasteiger partial charge on any atom is 0.305 e. The summed E-state index contributed by atoms with van der Waals surface area (Å²) in [5.74, 6) is -18.4. The first-order chi connectivity index (χ1) is 54.1. The summed E-state index contributed by atoms with van der Waals surface area (Å²) in [6.07, 6.45) is -1.14. The number of aliphatic carboxylic acids is 2. The zero-order valence-electron chi connectivity index (χ0n) is 64.3. The van der Waals surface area contributed by atoms with Crippen molar-refractivity contribution in [1.82, 2.24) is 69.1 Å². The highest BCUT2D eigenvalue weighted by atomic mass is 32.2. The normalized spacial score (nSPS) is 15.2. The second-order valence-corrected chi connectivity index (χ2v) is 28.6. The Morgan fingerprint density at radius 2 is 0.868 bits per heavy atom. The Balaban J connectivity index is 2.01. The first-order valence-corrected chi connectivity index (χ1v) is 38.9. The number of unbranched alkanes of at least 4 members (excludes halogenated alkanes) is 3. The predicted molar refractivity (Wildman–Crippen MR) is 416 cm³/mol. The second-order valence-electron chi connectivity index (χ2n) is 27.7. The number of nitrogens with two attached hydrogens (primary N) is 7. The van der Waals surface area contributed by atoms with Gasteiger partial charge in [0.05, 0.1) is 25.8 Å². The van der Waals surface area contributed by atoms with Gasteiger partial charge in [-0.1, -0.05) is 56.3 Å². The third-order valence-electron chi connectivity index (χ3n) is 17.7. The van der Waals surface area contributed by atoms with Crippen molar-refractivity contribution in [2.24, 2.45) is 51.0 Å². The van der Waals surface area contributed by atoms with Gasteiger partial charge < -0.3 is 125 Å². The molecule has 12 atom stereocenters. The highest BCUT2D eigenvalue weighted by Gasteiger charge is 2.39. The molecule has 632 valence electrons. The number of hydrogen-bond acceptors (Lipinski definition) is 23. The lowest BCUT2D eigenvalue weighted by Gasteiger charge is -2.28. The molecule has 2 aromatic rings. The number of aromatic hydroxyl groups is 1. The fraction of sp³-hybridized carbons (Fsp3) is 0.583. The molecule has 15 amide bonds. The van der Waals surface area contributed by atoms with Crippen molar-refractivity contribution in [1.29, 1.82) is 0 Å². The van der Waals surface area contributed by atoms with Crippen LogP contribution in [0.1, 0.15) is 141 Å². The van der Waals surface area contributed by atoms with Crippen LogP contribution in [0, 0.1) is 5.92 Å². The number of amides is 15. The van der Waals surface area contributed by atoms with Crippen LogP contribution in [0.15, 0.2) is 59.6 Å². The number of carboxylic acid groups (broad SMARTS) is 2. The molecule has 42 heteroatoms. The number of thioether (sulfide) groups is 1. The maximum atomic E-state index is 14.8. The number of guanidine groups is 1. The van der Waals surface area contributed by atoms with Gasteiger partial charge in [-0.25, -0.2) is 0 Å². The Kier molecular flexibility index (Phi) is 44.3. The number of phenolic OH excluding ortho intramolecular Hbond substituents is 1. The molecule has 1 fully saturated rings. The van der Waals surface area contributed by atoms with E-state index in [9.17, 15) is 96.8 Å². The monoisotopic (exact) mass is 1620 g/mol. The van der Waals surface area contributed by atoms with Crippen LogP contribution >= 0.6 is 11.8 Å². The summed E-state index contributed by atoms with van der Waals surface area (Å²) in [5, 5.41) is 62.3. The van der Waals surface area contributed by atoms with Gasteiger partial charge in [0.1, 0.15) is 78.3 Å². The van der Waals surface area contributed by atoms with Crippen LogP contribution in [-0.4, -0.2) is 239 Å². The number of carbonyl (C=O) groups is 17. The maximum absolute atomic E-state index is 14.8. The fourth-order valence-corrected chi connectivity index (χ4v) is 12.1. The molecular weight excluding hydrogens is 1510 g/mol. The largest absolute Gasteiger partial charge is 0.508 e. The van der Waals surface area contributed by atoms with E-state index >= 15 is 0 Å². The molecule has 41 nitrogen and oxygen atoms in total. The zero-order valence-corrected chi connectivity index (χ0v) is 65.1. The van der Waals surface area contributed by atoms with E-state index in [0.717, 1.165) is 0 Å². The van der Waals surface area contributed by atoms with E-state index in [2.05, 4.69) is 74.1 Å². The predicted octanol–water partition coefficient (Wildman–Crippen LogP) is -6.55. The van der Waals surface area contributed by atoms with E-state index in [4.69, 9.17) is 40.1 Å². The molecule has 30 N–H and O–H groups in total. The number of rotatable bonds is 56. The van der Waals surface area contributed by atoms with Gasteiger partial charge in [-0.3, -0.25) is 86.5 Å². The molecule has 1 aliphatic heterocycles. The van der Waals surface area contributed by atoms with Crippen LogP contribution in [-0.2, 0) is 94.3 Å². The third kappa shape index (κ3) is 37.8. The second kappa shape index (κ2) is 52.1. The third-order valence-corrected chi connectivity index (χ3v) is 18.3. The van der Waals surface area contributed by atoms with E-state index in [1.807, 2.05) is 0 Å². The molecule has 114 heavy (non-hydrogen) atoms. The minimum atomic E-state index is -2.07. The van der Waals surface area contributed by atoms with Crippen molar-refractivity contribution in [2.45, 2.75) is 215 Å². The quantitative estimate of drug-likeness (QED) is 0.0166. The number of aliphatic imine (C=N–C) groups is 1. The highest BCUT2D eigenvalue weighted by molar-refractivity contribution is 7.98. The smallest absolute Gasteiger partial charge is 0.305 e. The van der Waals surface area contributed by atoms with Gasteiger partial charge >= 0.3 is 11.9 Å². The summed E-state index contributed by atoms with van der Waals surface area (Å²) in [7, 11) is 0. The van der Waals surface area contributed by atoms with Gasteiger partial charge in [-0.15, -0.1) is 0 Å². The summed E-state index contributed by atoms with van der Waals surface area (Å²) < 4.78 is 0. The number of nitrogens with zero attached hydrogens (tertiary/aromatic N) is 1.